The highest BCUT2D eigenvalue weighted by atomic mass is 35.5. The summed E-state index contributed by atoms with van der Waals surface area (Å²) in [4.78, 5) is 21.9. The van der Waals surface area contributed by atoms with Crippen LogP contribution in [0.4, 0.5) is 0 Å². The summed E-state index contributed by atoms with van der Waals surface area (Å²) in [5.41, 5.74) is 3.24. The van der Waals surface area contributed by atoms with E-state index in [0.717, 1.165) is 11.3 Å². The minimum Gasteiger partial charge on any atom is -0.267 e. The summed E-state index contributed by atoms with van der Waals surface area (Å²) in [5.74, 6) is 1.15. The van der Waals surface area contributed by atoms with Gasteiger partial charge in [0.2, 0.25) is 0 Å². The van der Waals surface area contributed by atoms with Gasteiger partial charge in [0.1, 0.15) is 0 Å². The number of aryl methyl sites for hydroxylation is 1. The highest BCUT2D eigenvalue weighted by Crippen LogP contribution is 2.21. The Balaban J connectivity index is 1.65. The van der Waals surface area contributed by atoms with Crippen LogP contribution >= 0.6 is 23.4 Å². The number of benzene rings is 2. The topological polar surface area (TPSA) is 63.1 Å². The summed E-state index contributed by atoms with van der Waals surface area (Å²) in [6.45, 7) is 1.83. The molecule has 2 aromatic carbocycles. The van der Waals surface area contributed by atoms with E-state index in [4.69, 9.17) is 11.6 Å². The van der Waals surface area contributed by atoms with Crippen molar-refractivity contribution in [2.75, 3.05) is 0 Å². The van der Waals surface area contributed by atoms with E-state index in [9.17, 15) is 4.79 Å². The van der Waals surface area contributed by atoms with E-state index >= 15 is 0 Å². The molecule has 0 unspecified atom stereocenters. The molecule has 2 aromatic heterocycles. The van der Waals surface area contributed by atoms with Crippen molar-refractivity contribution in [3.63, 3.8) is 0 Å². The Morgan fingerprint density at radius 1 is 1.07 bits per heavy atom. The molecule has 0 amide bonds. The molecule has 0 radical (unpaired) electrons. The van der Waals surface area contributed by atoms with Crippen molar-refractivity contribution in [3.05, 3.63) is 92.4 Å². The molecule has 0 aliphatic heterocycles. The lowest BCUT2D eigenvalue weighted by Gasteiger charge is -2.06. The minimum absolute atomic E-state index is 0.142. The van der Waals surface area contributed by atoms with Gasteiger partial charge in [0, 0.05) is 22.8 Å². The first kappa shape index (κ1) is 17.8. The normalized spacial score (nSPS) is 11.2. The predicted octanol–water partition coefficient (Wildman–Crippen LogP) is 4.26. The molecule has 0 aliphatic rings. The van der Waals surface area contributed by atoms with Crippen LogP contribution in [0.2, 0.25) is 5.02 Å². The van der Waals surface area contributed by atoms with Crippen molar-refractivity contribution in [1.82, 2.24) is 19.6 Å². The molecule has 5 nitrogen and oxygen atoms in total. The number of hydrogen-bond acceptors (Lipinski definition) is 4. The number of nitrogens with one attached hydrogen (secondary N) is 1. The highest BCUT2D eigenvalue weighted by Gasteiger charge is 2.15. The van der Waals surface area contributed by atoms with Gasteiger partial charge in [-0.05, 0) is 24.1 Å². The van der Waals surface area contributed by atoms with Crippen LogP contribution in [0.25, 0.3) is 5.78 Å². The lowest BCUT2D eigenvalue weighted by atomic mass is 10.1. The number of fused-ring (bicyclic) bond motifs is 1. The molecular weight excluding hydrogens is 380 g/mol. The van der Waals surface area contributed by atoms with Crippen molar-refractivity contribution in [3.8, 4) is 0 Å². The molecule has 0 aliphatic carbocycles. The van der Waals surface area contributed by atoms with Gasteiger partial charge in [-0.1, -0.05) is 71.9 Å². The molecule has 136 valence electrons. The molecule has 0 atom stereocenters. The van der Waals surface area contributed by atoms with Gasteiger partial charge in [-0.15, -0.1) is 0 Å². The Morgan fingerprint density at radius 3 is 2.59 bits per heavy atom. The number of aromatic nitrogens is 4. The summed E-state index contributed by atoms with van der Waals surface area (Å²) in [6, 6.07) is 17.6. The molecule has 0 fully saturated rings. The molecule has 0 saturated carbocycles. The Morgan fingerprint density at radius 2 is 1.81 bits per heavy atom. The van der Waals surface area contributed by atoms with E-state index in [-0.39, 0.29) is 5.56 Å². The van der Waals surface area contributed by atoms with Crippen LogP contribution in [0.1, 0.15) is 22.4 Å². The van der Waals surface area contributed by atoms with Gasteiger partial charge >= 0.3 is 0 Å². The fourth-order valence-electron chi connectivity index (χ4n) is 2.86. The SMILES string of the molecule is Cc1nc2nc(SCc3ccccc3)[nH]n2c(=O)c1Cc1ccccc1Cl. The third-order valence-electron chi connectivity index (χ3n) is 4.32. The zero-order chi connectivity index (χ0) is 18.8. The summed E-state index contributed by atoms with van der Waals surface area (Å²) in [5, 5.41) is 4.37. The van der Waals surface area contributed by atoms with Gasteiger partial charge in [0.15, 0.2) is 5.16 Å². The van der Waals surface area contributed by atoms with Crippen molar-refractivity contribution in [2.45, 2.75) is 24.3 Å². The van der Waals surface area contributed by atoms with E-state index in [1.165, 1.54) is 21.8 Å². The van der Waals surface area contributed by atoms with Crippen molar-refractivity contribution in [2.24, 2.45) is 0 Å². The van der Waals surface area contributed by atoms with E-state index in [0.29, 0.717) is 33.6 Å². The number of aromatic amines is 1. The Bertz CT molecular complexity index is 1150. The molecule has 2 heterocycles. The first-order valence-corrected chi connectivity index (χ1v) is 9.86. The largest absolute Gasteiger partial charge is 0.277 e. The van der Waals surface area contributed by atoms with Crippen LogP contribution in [0.15, 0.2) is 64.5 Å². The summed E-state index contributed by atoms with van der Waals surface area (Å²) < 4.78 is 1.41. The van der Waals surface area contributed by atoms with Crippen molar-refractivity contribution < 1.29 is 0 Å². The Hall–Kier alpha value is -2.57. The van der Waals surface area contributed by atoms with E-state index < -0.39 is 0 Å². The predicted molar refractivity (Wildman–Crippen MR) is 109 cm³/mol. The van der Waals surface area contributed by atoms with Crippen molar-refractivity contribution in [1.29, 1.82) is 0 Å². The molecular formula is C20H17ClN4OS. The second-order valence-electron chi connectivity index (χ2n) is 6.19. The molecule has 7 heteroatoms. The zero-order valence-corrected chi connectivity index (χ0v) is 16.2. The maximum absolute atomic E-state index is 13.0. The molecule has 0 spiro atoms. The maximum Gasteiger partial charge on any atom is 0.277 e. The van der Waals surface area contributed by atoms with Gasteiger partial charge in [-0.3, -0.25) is 9.89 Å². The molecule has 1 N–H and O–H groups in total. The van der Waals surface area contributed by atoms with Crippen LogP contribution in [-0.4, -0.2) is 19.6 Å². The Kier molecular flexibility index (Phi) is 5.01. The molecule has 4 rings (SSSR count). The number of rotatable bonds is 5. The molecule has 0 saturated heterocycles. The Labute approximate surface area is 165 Å². The third kappa shape index (κ3) is 3.77. The second kappa shape index (κ2) is 7.58. The molecule has 0 bridgehead atoms. The van der Waals surface area contributed by atoms with E-state index in [2.05, 4.69) is 27.2 Å². The standard InChI is InChI=1S/C20H17ClN4OS/c1-13-16(11-15-9-5-6-10-17(15)21)18(26)25-19(22-13)23-20(24-25)27-12-14-7-3-2-4-8-14/h2-10H,11-12H2,1H3,(H,22,23,24). The zero-order valence-electron chi connectivity index (χ0n) is 14.6. The highest BCUT2D eigenvalue weighted by molar-refractivity contribution is 7.98. The van der Waals surface area contributed by atoms with Gasteiger partial charge in [-0.25, -0.2) is 4.98 Å². The number of halogens is 1. The molecule has 27 heavy (non-hydrogen) atoms. The van der Waals surface area contributed by atoms with Crippen LogP contribution in [0.5, 0.6) is 0 Å². The number of thioether (sulfide) groups is 1. The van der Waals surface area contributed by atoms with E-state index in [1.807, 2.05) is 49.4 Å². The minimum atomic E-state index is -0.142. The van der Waals surface area contributed by atoms with Crippen molar-refractivity contribution >= 4 is 29.1 Å². The van der Waals surface area contributed by atoms with E-state index in [1.54, 1.807) is 0 Å². The fourth-order valence-corrected chi connectivity index (χ4v) is 3.86. The summed E-state index contributed by atoms with van der Waals surface area (Å²) in [6.07, 6.45) is 0.436. The lowest BCUT2D eigenvalue weighted by molar-refractivity contribution is 0.825. The second-order valence-corrected chi connectivity index (χ2v) is 7.56. The van der Waals surface area contributed by atoms with Crippen LogP contribution in [0, 0.1) is 6.92 Å². The van der Waals surface area contributed by atoms with Crippen LogP contribution in [-0.2, 0) is 12.2 Å². The fraction of sp³-hybridized carbons (Fsp3) is 0.150. The van der Waals surface area contributed by atoms with Gasteiger partial charge in [0.25, 0.3) is 11.3 Å². The number of nitrogens with zero attached hydrogens (tertiary/aromatic N) is 3. The van der Waals surface area contributed by atoms with Crippen LogP contribution < -0.4 is 5.56 Å². The average molecular weight is 397 g/mol. The first-order chi connectivity index (χ1) is 13.1. The number of H-pyrrole nitrogens is 1. The van der Waals surface area contributed by atoms with Gasteiger partial charge in [-0.2, -0.15) is 9.50 Å². The number of hydrogen-bond donors (Lipinski definition) is 1. The molecule has 4 aromatic rings. The van der Waals surface area contributed by atoms with Gasteiger partial charge < -0.3 is 0 Å². The van der Waals surface area contributed by atoms with Gasteiger partial charge in [0.05, 0.1) is 5.69 Å². The smallest absolute Gasteiger partial charge is 0.267 e. The average Bonchev–Trinajstić information content (AvgIpc) is 3.09. The summed E-state index contributed by atoms with van der Waals surface area (Å²) >= 11 is 7.79. The first-order valence-electron chi connectivity index (χ1n) is 8.50. The lowest BCUT2D eigenvalue weighted by Crippen LogP contribution is -2.22. The summed E-state index contributed by atoms with van der Waals surface area (Å²) in [7, 11) is 0. The quantitative estimate of drug-likeness (QED) is 0.512. The van der Waals surface area contributed by atoms with Crippen LogP contribution in [0.3, 0.4) is 0 Å². The third-order valence-corrected chi connectivity index (χ3v) is 5.62. The maximum atomic E-state index is 13.0. The monoisotopic (exact) mass is 396 g/mol.